The van der Waals surface area contributed by atoms with Crippen molar-refractivity contribution in [2.45, 2.75) is 84.2 Å². The summed E-state index contributed by atoms with van der Waals surface area (Å²) < 4.78 is 109. The minimum Gasteiger partial charge on any atom is -0.455 e. The monoisotopic (exact) mass is 932 g/mol. The Morgan fingerprint density at radius 2 is 1.47 bits per heavy atom. The third kappa shape index (κ3) is 7.99. The summed E-state index contributed by atoms with van der Waals surface area (Å²) in [6, 6.07) is 3.04. The van der Waals surface area contributed by atoms with Crippen molar-refractivity contribution in [1.82, 2.24) is 9.48 Å². The van der Waals surface area contributed by atoms with E-state index in [1.807, 2.05) is 27.7 Å². The first-order chi connectivity index (χ1) is 29.8. The number of carbonyl (C=O) groups is 2. The molecular formula is C44H48F4N3O11P2+. The Kier molecular flexibility index (Phi) is 11.6. The highest BCUT2D eigenvalue weighted by Crippen LogP contribution is 2.54. The van der Waals surface area contributed by atoms with Crippen LogP contribution in [-0.2, 0) is 35.8 Å². The molecule has 5 heterocycles. The Morgan fingerprint density at radius 3 is 2.11 bits per heavy atom. The molecule has 3 aromatic carbocycles. The normalized spacial score (nSPS) is 18.0. The van der Waals surface area contributed by atoms with E-state index in [9.17, 15) is 38.3 Å². The van der Waals surface area contributed by atoms with Crippen molar-refractivity contribution in [3.63, 3.8) is 0 Å². The minimum atomic E-state index is -5.03. The van der Waals surface area contributed by atoms with Gasteiger partial charge in [0.1, 0.15) is 23.8 Å². The maximum Gasteiger partial charge on any atom is 0.469 e. The predicted octanol–water partition coefficient (Wildman–Crippen LogP) is 5.80. The van der Waals surface area contributed by atoms with Gasteiger partial charge in [-0.2, -0.15) is 0 Å². The number of halogens is 4. The number of phosphoric acid groups is 2. The maximum absolute atomic E-state index is 17.2. The molecule has 64 heavy (non-hydrogen) atoms. The number of phosphoric ester groups is 2. The van der Waals surface area contributed by atoms with Crippen molar-refractivity contribution in [2.75, 3.05) is 44.8 Å². The molecule has 0 fully saturated rings. The van der Waals surface area contributed by atoms with Gasteiger partial charge in [-0.15, -0.1) is 0 Å². The van der Waals surface area contributed by atoms with Crippen LogP contribution in [0.4, 0.5) is 23.2 Å². The van der Waals surface area contributed by atoms with Crippen molar-refractivity contribution < 1.29 is 69.6 Å². The maximum atomic E-state index is 17.2. The molecule has 8 rings (SSSR count). The summed E-state index contributed by atoms with van der Waals surface area (Å²) in [5.41, 5.74) is -0.692. The topological polar surface area (TPSA) is 186 Å². The second kappa shape index (κ2) is 16.1. The Morgan fingerprint density at radius 1 is 0.844 bits per heavy atom. The van der Waals surface area contributed by atoms with Gasteiger partial charge in [-0.05, 0) is 75.8 Å². The predicted molar refractivity (Wildman–Crippen MR) is 227 cm³/mol. The van der Waals surface area contributed by atoms with E-state index < -0.39 is 80.2 Å². The van der Waals surface area contributed by atoms with E-state index >= 15 is 17.6 Å². The number of Topliss-reactive ketones (excluding diaryl/α,β-unsaturated/α-hetero) is 1. The first-order valence-corrected chi connectivity index (χ1v) is 23.8. The quantitative estimate of drug-likeness (QED) is 0.0441. The van der Waals surface area contributed by atoms with Crippen LogP contribution in [0, 0.1) is 23.3 Å². The van der Waals surface area contributed by atoms with E-state index in [2.05, 4.69) is 9.48 Å². The third-order valence-corrected chi connectivity index (χ3v) is 13.5. The van der Waals surface area contributed by atoms with Gasteiger partial charge in [0, 0.05) is 79.9 Å². The summed E-state index contributed by atoms with van der Waals surface area (Å²) in [4.78, 5) is 68.4. The van der Waals surface area contributed by atoms with Crippen LogP contribution in [0.25, 0.3) is 16.7 Å². The van der Waals surface area contributed by atoms with Gasteiger partial charge in [0.25, 0.3) is 5.91 Å². The van der Waals surface area contributed by atoms with Gasteiger partial charge in [-0.3, -0.25) is 13.8 Å². The number of benzene rings is 3. The number of amides is 1. The van der Waals surface area contributed by atoms with Crippen molar-refractivity contribution in [3.8, 4) is 11.5 Å². The Bertz CT molecular complexity index is 2880. The van der Waals surface area contributed by atoms with Gasteiger partial charge in [-0.25, -0.2) is 31.3 Å². The first kappa shape index (κ1) is 46.0. The highest BCUT2D eigenvalue weighted by atomic mass is 31.2. The highest BCUT2D eigenvalue weighted by molar-refractivity contribution is 7.46. The van der Waals surface area contributed by atoms with Crippen LogP contribution in [0.5, 0.6) is 11.5 Å². The zero-order valence-corrected chi connectivity index (χ0v) is 37.8. The summed E-state index contributed by atoms with van der Waals surface area (Å²) in [7, 11) is -8.80. The number of carbonyl (C=O) groups excluding carboxylic acids is 2. The van der Waals surface area contributed by atoms with Crippen LogP contribution in [0.15, 0.2) is 24.3 Å². The van der Waals surface area contributed by atoms with Gasteiger partial charge in [0.2, 0.25) is 5.36 Å². The minimum absolute atomic E-state index is 0.00966. The van der Waals surface area contributed by atoms with Crippen molar-refractivity contribution >= 4 is 49.7 Å². The van der Waals surface area contributed by atoms with Gasteiger partial charge in [0.15, 0.2) is 28.8 Å². The summed E-state index contributed by atoms with van der Waals surface area (Å²) in [6.45, 7) is 8.78. The fraction of sp³-hybridized carbons (Fsp3) is 0.432. The lowest BCUT2D eigenvalue weighted by Crippen LogP contribution is -2.53. The third-order valence-electron chi connectivity index (χ3n) is 12.6. The van der Waals surface area contributed by atoms with Crippen LogP contribution in [0.2, 0.25) is 0 Å². The van der Waals surface area contributed by atoms with Gasteiger partial charge in [-0.1, -0.05) is 6.08 Å². The molecule has 0 unspecified atom stereocenters. The lowest BCUT2D eigenvalue weighted by atomic mass is 9.78. The van der Waals surface area contributed by atoms with E-state index in [1.165, 1.54) is 26.1 Å². The van der Waals surface area contributed by atoms with E-state index in [1.54, 1.807) is 12.2 Å². The highest BCUT2D eigenvalue weighted by Gasteiger charge is 2.45. The van der Waals surface area contributed by atoms with Crippen LogP contribution in [0.1, 0.15) is 104 Å². The number of fused-ring (bicyclic) bond motifs is 4. The molecule has 0 radical (unpaired) electrons. The fourth-order valence-corrected chi connectivity index (χ4v) is 10.6. The molecule has 5 aliphatic rings. The number of ether oxygens (including phenoxy) is 1. The van der Waals surface area contributed by atoms with E-state index in [0.717, 1.165) is 4.90 Å². The smallest absolute Gasteiger partial charge is 0.455 e. The molecule has 4 N–H and O–H groups in total. The molecule has 0 saturated carbocycles. The molecule has 5 aliphatic heterocycles. The molecule has 14 nitrogen and oxygen atoms in total. The molecule has 342 valence electrons. The summed E-state index contributed by atoms with van der Waals surface area (Å²) in [6.07, 6.45) is 5.58. The number of rotatable bonds is 12. The average molecular weight is 933 g/mol. The zero-order chi connectivity index (χ0) is 46.6. The number of nitrogens with zero attached hydrogens (tertiary/aromatic N) is 3. The molecule has 20 heteroatoms. The second-order valence-corrected chi connectivity index (χ2v) is 20.4. The number of anilines is 1. The van der Waals surface area contributed by atoms with Crippen LogP contribution >= 0.6 is 15.6 Å². The number of hydrogen-bond donors (Lipinski definition) is 4. The Balaban J connectivity index is 1.54. The zero-order valence-electron chi connectivity index (χ0n) is 36.0. The summed E-state index contributed by atoms with van der Waals surface area (Å²) >= 11 is 0. The first-order valence-electron chi connectivity index (χ1n) is 20.8. The van der Waals surface area contributed by atoms with E-state index in [-0.39, 0.29) is 53.0 Å². The summed E-state index contributed by atoms with van der Waals surface area (Å²) in [5, 5.41) is 0.632. The van der Waals surface area contributed by atoms with Crippen molar-refractivity contribution in [3.05, 3.63) is 97.1 Å². The molecule has 0 atom stereocenters. The van der Waals surface area contributed by atoms with Crippen LogP contribution < -0.4 is 24.8 Å². The number of hydrogen-bond acceptors (Lipinski definition) is 8. The van der Waals surface area contributed by atoms with Gasteiger partial charge in [0.05, 0.1) is 41.1 Å². The van der Waals surface area contributed by atoms with Crippen LogP contribution in [-0.4, -0.2) is 87.1 Å². The molecule has 1 amide bonds. The molecule has 3 aromatic rings. The van der Waals surface area contributed by atoms with Crippen LogP contribution in [0.3, 0.4) is 0 Å². The van der Waals surface area contributed by atoms with Gasteiger partial charge < -0.3 is 38.9 Å². The van der Waals surface area contributed by atoms with E-state index in [0.29, 0.717) is 83.2 Å². The Labute approximate surface area is 365 Å². The van der Waals surface area contributed by atoms with Crippen molar-refractivity contribution in [2.24, 2.45) is 0 Å². The fourth-order valence-electron chi connectivity index (χ4n) is 9.95. The SMILES string of the molecule is CC(=O)CCCN(C)C(=O)c1c(F)c(F)c(F)c(F)c1C1=c2cc3c4c(c2Oc2c1cc1c5c2CCCN5C(C)(C)C=C1COP(=O)(O)O)CCC[N+]=4C(C)(C)C=C3COP(=O)(O)O. The second-order valence-electron chi connectivity index (χ2n) is 18.0. The molecule has 0 saturated heterocycles. The van der Waals surface area contributed by atoms with E-state index in [4.69, 9.17) is 13.8 Å². The molecule has 0 bridgehead atoms. The lowest BCUT2D eigenvalue weighted by molar-refractivity contribution is -0.117. The Hall–Kier alpha value is -4.51. The number of ketones is 1. The molecule has 0 aromatic heterocycles. The van der Waals surface area contributed by atoms with Crippen molar-refractivity contribution in [1.29, 1.82) is 0 Å². The molecule has 0 spiro atoms. The average Bonchev–Trinajstić information content (AvgIpc) is 3.21. The largest absolute Gasteiger partial charge is 0.469 e. The standard InChI is InChI=1S/C44H47F4N3O11P2/c1-22(52)10-7-13-49(6)42(53)33-32(34(45)36(47)37(48)35(33)46)31-29-16-27-23(20-60-63(54,55)56)18-43(2,3)50-14-8-11-25(38(27)50)40(29)62-41-26-12-9-15-51-39(26)28(17-30(31)41)24(19-44(51,4)5)21-61-64(57,58)59/h16-19H,7-15,20-21H2,1-6H3,(H3-,54,55,56,57,58,59)/p+1. The van der Waals surface area contributed by atoms with Gasteiger partial charge >= 0.3 is 15.6 Å². The molecule has 0 aliphatic carbocycles. The lowest BCUT2D eigenvalue weighted by Gasteiger charge is -2.47. The molecular weight excluding hydrogens is 884 g/mol. The summed E-state index contributed by atoms with van der Waals surface area (Å²) in [5.74, 6) is -9.40.